The summed E-state index contributed by atoms with van der Waals surface area (Å²) in [5.74, 6) is 1.07. The minimum atomic E-state index is 0.0437. The summed E-state index contributed by atoms with van der Waals surface area (Å²) < 4.78 is 5.94. The molecule has 0 N–H and O–H groups in total. The lowest BCUT2D eigenvalue weighted by atomic mass is 9.82. The molecule has 3 heteroatoms. The molecule has 0 saturated heterocycles. The molecule has 0 spiro atoms. The Labute approximate surface area is 132 Å². The summed E-state index contributed by atoms with van der Waals surface area (Å²) in [4.78, 5) is 13.0. The Balaban J connectivity index is 2.46. The Kier molecular flexibility index (Phi) is 5.32. The van der Waals surface area contributed by atoms with Gasteiger partial charge in [-0.05, 0) is 57.7 Å². The molecule has 116 valence electrons. The Hall–Kier alpha value is -1.02. The molecular weight excluding hydrogens is 284 g/mol. The Morgan fingerprint density at radius 2 is 1.86 bits per heavy atom. The lowest BCUT2D eigenvalue weighted by molar-refractivity contribution is 0.0882. The molecule has 2 nitrogen and oxygen atoms in total. The summed E-state index contributed by atoms with van der Waals surface area (Å²) in [5.41, 5.74) is 2.51. The highest BCUT2D eigenvalue weighted by atomic mass is 35.5. The molecule has 0 bridgehead atoms. The number of carbonyl (C=O) groups is 1. The molecule has 1 aromatic carbocycles. The second-order valence-corrected chi connectivity index (χ2v) is 6.78. The molecule has 2 rings (SSSR count). The molecule has 1 saturated carbocycles. The quantitative estimate of drug-likeness (QED) is 0.686. The maximum Gasteiger partial charge on any atom is 0.169 e. The maximum atomic E-state index is 13.0. The van der Waals surface area contributed by atoms with E-state index in [1.54, 1.807) is 0 Å². The Bertz CT molecular complexity index is 529. The van der Waals surface area contributed by atoms with Crippen LogP contribution in [0.2, 0.25) is 5.02 Å². The first-order chi connectivity index (χ1) is 9.91. The van der Waals surface area contributed by atoms with Crippen LogP contribution in [-0.4, -0.2) is 11.9 Å². The zero-order valence-electron chi connectivity index (χ0n) is 13.5. The standard InChI is InChI=1S/C18H25ClO2/c1-11(2)21-18-12(3)10-15(19)13(4)16(18)17(20)14-8-6-5-7-9-14/h10-11,14H,5-9H2,1-4H3. The molecule has 1 aliphatic rings. The number of hydrogen-bond donors (Lipinski definition) is 0. The minimum absolute atomic E-state index is 0.0437. The Morgan fingerprint density at radius 1 is 1.24 bits per heavy atom. The van der Waals surface area contributed by atoms with Gasteiger partial charge in [-0.1, -0.05) is 30.9 Å². The molecule has 0 amide bonds. The van der Waals surface area contributed by atoms with Gasteiger partial charge in [0.05, 0.1) is 11.7 Å². The summed E-state index contributed by atoms with van der Waals surface area (Å²) >= 11 is 6.30. The van der Waals surface area contributed by atoms with Gasteiger partial charge >= 0.3 is 0 Å². The highest BCUT2D eigenvalue weighted by molar-refractivity contribution is 6.32. The molecule has 0 heterocycles. The largest absolute Gasteiger partial charge is 0.490 e. The van der Waals surface area contributed by atoms with Crippen molar-refractivity contribution in [2.45, 2.75) is 65.9 Å². The van der Waals surface area contributed by atoms with Crippen LogP contribution in [0.5, 0.6) is 5.75 Å². The van der Waals surface area contributed by atoms with Gasteiger partial charge in [-0.3, -0.25) is 4.79 Å². The van der Waals surface area contributed by atoms with Gasteiger partial charge < -0.3 is 4.74 Å². The zero-order chi connectivity index (χ0) is 15.6. The van der Waals surface area contributed by atoms with Gasteiger partial charge in [-0.15, -0.1) is 0 Å². The summed E-state index contributed by atoms with van der Waals surface area (Å²) in [6.07, 6.45) is 5.56. The monoisotopic (exact) mass is 308 g/mol. The van der Waals surface area contributed by atoms with Crippen LogP contribution in [0.15, 0.2) is 6.07 Å². The number of ketones is 1. The minimum Gasteiger partial charge on any atom is -0.490 e. The zero-order valence-corrected chi connectivity index (χ0v) is 14.2. The van der Waals surface area contributed by atoms with Crippen molar-refractivity contribution in [1.82, 2.24) is 0 Å². The smallest absolute Gasteiger partial charge is 0.169 e. The molecule has 0 aliphatic heterocycles. The normalized spacial score (nSPS) is 16.3. The number of hydrogen-bond acceptors (Lipinski definition) is 2. The summed E-state index contributed by atoms with van der Waals surface area (Å²) in [5, 5.41) is 0.655. The number of Topliss-reactive ketones (excluding diaryl/α,β-unsaturated/α-hetero) is 1. The second-order valence-electron chi connectivity index (χ2n) is 6.37. The van der Waals surface area contributed by atoms with Gasteiger partial charge in [0, 0.05) is 10.9 Å². The van der Waals surface area contributed by atoms with Crippen LogP contribution < -0.4 is 4.74 Å². The molecule has 1 aliphatic carbocycles. The molecule has 21 heavy (non-hydrogen) atoms. The van der Waals surface area contributed by atoms with Crippen LogP contribution in [0.1, 0.15) is 67.4 Å². The predicted molar refractivity (Wildman–Crippen MR) is 87.6 cm³/mol. The molecule has 1 aromatic rings. The fourth-order valence-electron chi connectivity index (χ4n) is 3.10. The van der Waals surface area contributed by atoms with Crippen LogP contribution in [0.4, 0.5) is 0 Å². The average Bonchev–Trinajstić information content (AvgIpc) is 2.45. The van der Waals surface area contributed by atoms with Crippen LogP contribution >= 0.6 is 11.6 Å². The van der Waals surface area contributed by atoms with Gasteiger partial charge in [0.1, 0.15) is 5.75 Å². The van der Waals surface area contributed by atoms with Crippen molar-refractivity contribution in [2.24, 2.45) is 5.92 Å². The fourth-order valence-corrected chi connectivity index (χ4v) is 3.36. The molecular formula is C18H25ClO2. The predicted octanol–water partition coefficient (Wildman–Crippen LogP) is 5.51. The van der Waals surface area contributed by atoms with Crippen LogP contribution in [0, 0.1) is 19.8 Å². The fraction of sp³-hybridized carbons (Fsp3) is 0.611. The number of rotatable bonds is 4. The van der Waals surface area contributed by atoms with Crippen LogP contribution in [-0.2, 0) is 0 Å². The summed E-state index contributed by atoms with van der Waals surface area (Å²) in [6, 6.07) is 1.90. The number of carbonyl (C=O) groups excluding carboxylic acids is 1. The van der Waals surface area contributed by atoms with Crippen LogP contribution in [0.3, 0.4) is 0 Å². The van der Waals surface area contributed by atoms with Gasteiger partial charge in [-0.25, -0.2) is 0 Å². The number of aryl methyl sites for hydroxylation is 1. The first-order valence-electron chi connectivity index (χ1n) is 7.92. The van der Waals surface area contributed by atoms with Crippen molar-refractivity contribution in [3.05, 3.63) is 27.8 Å². The van der Waals surface area contributed by atoms with E-state index in [0.29, 0.717) is 10.6 Å². The van der Waals surface area contributed by atoms with E-state index in [-0.39, 0.29) is 17.8 Å². The van der Waals surface area contributed by atoms with E-state index in [0.717, 1.165) is 42.6 Å². The number of benzene rings is 1. The van der Waals surface area contributed by atoms with Crippen molar-refractivity contribution >= 4 is 17.4 Å². The lowest BCUT2D eigenvalue weighted by Crippen LogP contribution is -2.21. The summed E-state index contributed by atoms with van der Waals surface area (Å²) in [7, 11) is 0. The molecule has 0 radical (unpaired) electrons. The highest BCUT2D eigenvalue weighted by Crippen LogP contribution is 2.37. The maximum absolute atomic E-state index is 13.0. The third-order valence-corrected chi connectivity index (χ3v) is 4.63. The third-order valence-electron chi connectivity index (χ3n) is 4.24. The lowest BCUT2D eigenvalue weighted by Gasteiger charge is -2.24. The first kappa shape index (κ1) is 16.4. The second kappa shape index (κ2) is 6.83. The average molecular weight is 309 g/mol. The van der Waals surface area contributed by atoms with Crippen molar-refractivity contribution in [3.8, 4) is 5.75 Å². The molecule has 0 unspecified atom stereocenters. The van der Waals surface area contributed by atoms with E-state index < -0.39 is 0 Å². The molecule has 0 atom stereocenters. The van der Waals surface area contributed by atoms with Crippen molar-refractivity contribution in [2.75, 3.05) is 0 Å². The van der Waals surface area contributed by atoms with Gasteiger partial charge in [0.25, 0.3) is 0 Å². The van der Waals surface area contributed by atoms with Gasteiger partial charge in [0.15, 0.2) is 5.78 Å². The molecule has 1 fully saturated rings. The van der Waals surface area contributed by atoms with Crippen molar-refractivity contribution in [1.29, 1.82) is 0 Å². The Morgan fingerprint density at radius 3 is 2.43 bits per heavy atom. The van der Waals surface area contributed by atoms with E-state index >= 15 is 0 Å². The van der Waals surface area contributed by atoms with Gasteiger partial charge in [-0.2, -0.15) is 0 Å². The number of halogens is 1. The van der Waals surface area contributed by atoms with E-state index in [2.05, 4.69) is 0 Å². The molecule has 0 aromatic heterocycles. The third kappa shape index (κ3) is 3.60. The highest BCUT2D eigenvalue weighted by Gasteiger charge is 2.28. The topological polar surface area (TPSA) is 26.3 Å². The summed E-state index contributed by atoms with van der Waals surface area (Å²) in [6.45, 7) is 7.85. The SMILES string of the molecule is Cc1cc(Cl)c(C)c(C(=O)C2CCCCC2)c1OC(C)C. The van der Waals surface area contributed by atoms with E-state index in [4.69, 9.17) is 16.3 Å². The van der Waals surface area contributed by atoms with Crippen molar-refractivity contribution < 1.29 is 9.53 Å². The van der Waals surface area contributed by atoms with Crippen molar-refractivity contribution in [3.63, 3.8) is 0 Å². The van der Waals surface area contributed by atoms with Gasteiger partial charge in [0.2, 0.25) is 0 Å². The van der Waals surface area contributed by atoms with E-state index in [1.807, 2.05) is 33.8 Å². The number of ether oxygens (including phenoxy) is 1. The van der Waals surface area contributed by atoms with E-state index in [1.165, 1.54) is 6.42 Å². The van der Waals surface area contributed by atoms with Crippen LogP contribution in [0.25, 0.3) is 0 Å². The van der Waals surface area contributed by atoms with E-state index in [9.17, 15) is 4.79 Å². The first-order valence-corrected chi connectivity index (χ1v) is 8.30.